The molecule has 174 valence electrons. The van der Waals surface area contributed by atoms with Crippen molar-refractivity contribution in [1.82, 2.24) is 15.1 Å². The first-order valence-electron chi connectivity index (χ1n) is 10.3. The molecule has 11 heteroatoms. The van der Waals surface area contributed by atoms with Gasteiger partial charge in [-0.05, 0) is 42.7 Å². The normalized spacial score (nSPS) is 13.9. The van der Waals surface area contributed by atoms with Crippen LogP contribution in [0.15, 0.2) is 10.6 Å². The summed E-state index contributed by atoms with van der Waals surface area (Å²) in [6.07, 6.45) is -2.23. The van der Waals surface area contributed by atoms with Crippen LogP contribution in [0.2, 0.25) is 0 Å². The van der Waals surface area contributed by atoms with Crippen LogP contribution in [0.25, 0.3) is 0 Å². The fourth-order valence-electron chi connectivity index (χ4n) is 3.55. The van der Waals surface area contributed by atoms with Gasteiger partial charge in [0.2, 0.25) is 5.89 Å². The minimum atomic E-state index is -5.22. The molecule has 32 heavy (non-hydrogen) atoms. The molecule has 2 aromatic rings. The minimum absolute atomic E-state index is 0.139. The fourth-order valence-corrected chi connectivity index (χ4v) is 3.55. The average molecular weight is 454 g/mol. The molecule has 0 aromatic carbocycles. The van der Waals surface area contributed by atoms with Gasteiger partial charge in [0.25, 0.3) is 0 Å². The summed E-state index contributed by atoms with van der Waals surface area (Å²) in [7, 11) is 0. The van der Waals surface area contributed by atoms with Crippen molar-refractivity contribution in [3.63, 3.8) is 0 Å². The second-order valence-electron chi connectivity index (χ2n) is 8.65. The lowest BCUT2D eigenvalue weighted by atomic mass is 9.86. The maximum atomic E-state index is 12.2. The summed E-state index contributed by atoms with van der Waals surface area (Å²) >= 11 is 0. The van der Waals surface area contributed by atoms with Crippen molar-refractivity contribution in [2.45, 2.75) is 65.5 Å². The van der Waals surface area contributed by atoms with Crippen LogP contribution in [0.4, 0.5) is 19.0 Å². The van der Waals surface area contributed by atoms with Gasteiger partial charge in [-0.15, -0.1) is 0 Å². The Hall–Kier alpha value is -2.98. The van der Waals surface area contributed by atoms with E-state index in [0.717, 1.165) is 36.5 Å². The molecule has 1 N–H and O–H groups in total. The van der Waals surface area contributed by atoms with Crippen LogP contribution in [0.3, 0.4) is 0 Å². The lowest BCUT2D eigenvalue weighted by Gasteiger charge is -2.20. The van der Waals surface area contributed by atoms with Gasteiger partial charge in [-0.25, -0.2) is 9.78 Å². The Labute approximate surface area is 182 Å². The summed E-state index contributed by atoms with van der Waals surface area (Å²) in [5, 5.41) is 7.26. The highest BCUT2D eigenvalue weighted by Crippen LogP contribution is 2.27. The van der Waals surface area contributed by atoms with E-state index in [1.54, 1.807) is 13.8 Å². The number of rotatable bonds is 7. The summed E-state index contributed by atoms with van der Waals surface area (Å²) < 4.78 is 45.8. The van der Waals surface area contributed by atoms with Gasteiger partial charge < -0.3 is 14.6 Å². The highest BCUT2D eigenvalue weighted by atomic mass is 19.4. The average Bonchev–Trinajstić information content (AvgIpc) is 3.11. The third-order valence-corrected chi connectivity index (χ3v) is 5.13. The lowest BCUT2D eigenvalue weighted by Crippen LogP contribution is -2.30. The van der Waals surface area contributed by atoms with Crippen molar-refractivity contribution in [2.24, 2.45) is 5.41 Å². The molecule has 8 nitrogen and oxygen atoms in total. The van der Waals surface area contributed by atoms with Crippen molar-refractivity contribution in [3.8, 4) is 0 Å². The van der Waals surface area contributed by atoms with Gasteiger partial charge in [0, 0.05) is 25.1 Å². The number of pyridine rings is 1. The maximum absolute atomic E-state index is 12.2. The molecule has 0 atom stereocenters. The summed E-state index contributed by atoms with van der Waals surface area (Å²) in [5.41, 5.74) is 2.40. The van der Waals surface area contributed by atoms with Gasteiger partial charge in [-0.3, -0.25) is 4.79 Å². The van der Waals surface area contributed by atoms with Crippen molar-refractivity contribution in [1.29, 1.82) is 0 Å². The molecule has 0 spiro atoms. The number of hydrogen-bond acceptors (Lipinski definition) is 8. The number of ether oxygens (including phenoxy) is 1. The van der Waals surface area contributed by atoms with Crippen molar-refractivity contribution in [2.75, 3.05) is 11.9 Å². The number of alkyl halides is 3. The Morgan fingerprint density at radius 2 is 1.97 bits per heavy atom. The summed E-state index contributed by atoms with van der Waals surface area (Å²) in [6, 6.07) is 2.15. The van der Waals surface area contributed by atoms with E-state index in [4.69, 9.17) is 4.52 Å². The molecule has 1 aliphatic rings. The number of aryl methyl sites for hydroxylation is 4. The predicted molar refractivity (Wildman–Crippen MR) is 107 cm³/mol. The number of carbonyl (C=O) groups is 2. The zero-order chi connectivity index (χ0) is 23.5. The minimum Gasteiger partial charge on any atom is -0.386 e. The quantitative estimate of drug-likeness (QED) is 0.500. The number of carbonyl (C=O) groups excluding carboxylic acids is 2. The van der Waals surface area contributed by atoms with Crippen molar-refractivity contribution in [3.05, 3.63) is 34.6 Å². The first-order valence-corrected chi connectivity index (χ1v) is 10.3. The van der Waals surface area contributed by atoms with Crippen LogP contribution in [0.1, 0.15) is 55.2 Å². The highest BCUT2D eigenvalue weighted by Gasteiger charge is 2.43. The summed E-state index contributed by atoms with van der Waals surface area (Å²) in [5.74, 6) is -2.11. The van der Waals surface area contributed by atoms with Crippen LogP contribution in [0.5, 0.6) is 0 Å². The van der Waals surface area contributed by atoms with Gasteiger partial charge in [-0.2, -0.15) is 18.2 Å². The topological polar surface area (TPSA) is 107 Å². The van der Waals surface area contributed by atoms with Crippen LogP contribution >= 0.6 is 0 Å². The van der Waals surface area contributed by atoms with E-state index in [1.807, 2.05) is 6.92 Å². The number of esters is 2. The van der Waals surface area contributed by atoms with Crippen molar-refractivity contribution >= 4 is 17.8 Å². The number of hydrogen-bond donors (Lipinski definition) is 1. The molecule has 0 aliphatic carbocycles. The Morgan fingerprint density at radius 3 is 2.69 bits per heavy atom. The monoisotopic (exact) mass is 454 g/mol. The number of nitrogens with zero attached hydrogens (tertiary/aromatic N) is 3. The Morgan fingerprint density at radius 1 is 1.22 bits per heavy atom. The Balaban J connectivity index is 1.55. The fraction of sp³-hybridized carbons (Fsp3) is 0.571. The van der Waals surface area contributed by atoms with Gasteiger partial charge in [0.15, 0.2) is 5.82 Å². The largest absolute Gasteiger partial charge is 0.491 e. The van der Waals surface area contributed by atoms with Crippen LogP contribution < -0.4 is 5.32 Å². The van der Waals surface area contributed by atoms with Crippen LogP contribution in [-0.4, -0.2) is 39.8 Å². The van der Waals surface area contributed by atoms with E-state index in [2.05, 4.69) is 31.2 Å². The van der Waals surface area contributed by atoms with Gasteiger partial charge in [0.05, 0.1) is 6.42 Å². The summed E-state index contributed by atoms with van der Waals surface area (Å²) in [4.78, 5) is 31.4. The van der Waals surface area contributed by atoms with Gasteiger partial charge in [-0.1, -0.05) is 25.1 Å². The molecule has 0 amide bonds. The van der Waals surface area contributed by atoms with E-state index < -0.39 is 30.0 Å². The molecular formula is C21H25F3N4O4. The molecule has 0 saturated heterocycles. The second kappa shape index (κ2) is 9.25. The predicted octanol–water partition coefficient (Wildman–Crippen LogP) is 3.51. The van der Waals surface area contributed by atoms with Gasteiger partial charge in [0.1, 0.15) is 5.82 Å². The third-order valence-electron chi connectivity index (χ3n) is 5.13. The first kappa shape index (κ1) is 23.7. The molecule has 3 heterocycles. The summed E-state index contributed by atoms with van der Waals surface area (Å²) in [6.45, 7) is 6.15. The number of halogens is 3. The highest BCUT2D eigenvalue weighted by molar-refractivity contribution is 5.88. The number of aromatic nitrogens is 3. The number of nitrogens with one attached hydrogen (secondary N) is 1. The lowest BCUT2D eigenvalue weighted by molar-refractivity contribution is -0.202. The molecule has 1 aliphatic heterocycles. The molecule has 0 fully saturated rings. The SMILES string of the molecule is Cc1nc2c(cc1CCc1noc(CC(C)(C)CC(=O)OC(=O)C(F)(F)F)n1)CCCN2. The van der Waals surface area contributed by atoms with E-state index in [9.17, 15) is 22.8 Å². The molecule has 0 saturated carbocycles. The number of anilines is 1. The van der Waals surface area contributed by atoms with Crippen LogP contribution in [-0.2, 0) is 40.0 Å². The number of fused-ring (bicyclic) bond motifs is 1. The molecular weight excluding hydrogens is 429 g/mol. The Kier molecular flexibility index (Phi) is 6.85. The molecule has 0 unspecified atom stereocenters. The van der Waals surface area contributed by atoms with E-state index in [1.165, 1.54) is 5.56 Å². The zero-order valence-corrected chi connectivity index (χ0v) is 18.1. The maximum Gasteiger partial charge on any atom is 0.491 e. The molecule has 2 aromatic heterocycles. The van der Waals surface area contributed by atoms with E-state index in [-0.39, 0.29) is 12.3 Å². The third kappa shape index (κ3) is 6.27. The smallest absolute Gasteiger partial charge is 0.386 e. The molecule has 0 radical (unpaired) electrons. The van der Waals surface area contributed by atoms with Crippen molar-refractivity contribution < 1.29 is 32.0 Å². The van der Waals surface area contributed by atoms with Crippen LogP contribution in [0, 0.1) is 12.3 Å². The second-order valence-corrected chi connectivity index (χ2v) is 8.65. The zero-order valence-electron chi connectivity index (χ0n) is 18.1. The van der Waals surface area contributed by atoms with E-state index in [0.29, 0.717) is 18.7 Å². The Bertz CT molecular complexity index is 1000. The standard InChI is InChI=1S/C21H25F3N4O4/c1-12-13(9-14-5-4-8-25-18(14)26-12)6-7-15-27-16(32-28-15)10-20(2,3)11-17(29)31-19(30)21(22,23)24/h9H,4-8,10-11H2,1-3H3,(H,25,26). The van der Waals surface area contributed by atoms with E-state index >= 15 is 0 Å². The molecule has 3 rings (SSSR count). The first-order chi connectivity index (χ1) is 14.9. The van der Waals surface area contributed by atoms with Gasteiger partial charge >= 0.3 is 18.1 Å². The molecule has 0 bridgehead atoms.